The number of carbonyl (C=O) groups excluding carboxylic acids is 2. The van der Waals surface area contributed by atoms with Crippen LogP contribution in [0.4, 0.5) is 0 Å². The van der Waals surface area contributed by atoms with Gasteiger partial charge in [0.1, 0.15) is 33.9 Å². The molecular weight excluding hydrogens is 729 g/mol. The minimum Gasteiger partial charge on any atom is -0.488 e. The van der Waals surface area contributed by atoms with Gasteiger partial charge in [0.05, 0.1) is 13.2 Å². The number of rotatable bonds is 19. The first kappa shape index (κ1) is 42.4. The largest absolute Gasteiger partial charge is 0.488 e. The first-order chi connectivity index (χ1) is 27.4. The summed E-state index contributed by atoms with van der Waals surface area (Å²) in [7, 11) is 0. The molecule has 1 unspecified atom stereocenters. The van der Waals surface area contributed by atoms with E-state index in [1.165, 1.54) is 23.3 Å². The van der Waals surface area contributed by atoms with Crippen molar-refractivity contribution >= 4 is 11.6 Å². The molecule has 0 aromatic heterocycles. The Kier molecular flexibility index (Phi) is 12.1. The van der Waals surface area contributed by atoms with Crippen LogP contribution in [0.15, 0.2) is 116 Å². The van der Waals surface area contributed by atoms with E-state index in [1.807, 2.05) is 58.0 Å². The number of hydrogen-bond donors (Lipinski definition) is 0. The molecule has 6 rings (SSSR count). The fourth-order valence-electron chi connectivity index (χ4n) is 7.93. The zero-order valence-electron chi connectivity index (χ0n) is 35.3. The minimum atomic E-state index is -0.943. The monoisotopic (exact) mass is 786 g/mol. The Morgan fingerprint density at radius 1 is 0.672 bits per heavy atom. The SMILES string of the molecule is C=CC(=O)C(C)(C)OCCC(C)(C)Oc1ccc(C2(c3ccc(OC(C)(C)CCOC(C)(C)C(=O)C=C)cc3)CC(c3ccccc3)c3cc4c(cc32)OCO4)cc1. The summed E-state index contributed by atoms with van der Waals surface area (Å²) in [5.74, 6) is 2.75. The molecule has 4 aromatic carbocycles. The Morgan fingerprint density at radius 2 is 1.12 bits per heavy atom. The molecule has 0 saturated heterocycles. The van der Waals surface area contributed by atoms with Gasteiger partial charge in [-0.2, -0.15) is 0 Å². The summed E-state index contributed by atoms with van der Waals surface area (Å²) in [6, 6.07) is 31.8. The molecule has 0 amide bonds. The molecule has 8 heteroatoms. The summed E-state index contributed by atoms with van der Waals surface area (Å²) >= 11 is 0. The number of benzene rings is 4. The molecule has 1 heterocycles. The highest BCUT2D eigenvalue weighted by atomic mass is 16.7. The van der Waals surface area contributed by atoms with Crippen LogP contribution in [0.5, 0.6) is 23.0 Å². The van der Waals surface area contributed by atoms with Crippen LogP contribution < -0.4 is 18.9 Å². The van der Waals surface area contributed by atoms with Gasteiger partial charge in [-0.25, -0.2) is 0 Å². The van der Waals surface area contributed by atoms with E-state index >= 15 is 0 Å². The molecule has 0 spiro atoms. The molecule has 1 aliphatic heterocycles. The minimum absolute atomic E-state index is 0.0878. The van der Waals surface area contributed by atoms with E-state index in [4.69, 9.17) is 28.4 Å². The molecular formula is C50H58O8. The maximum atomic E-state index is 12.2. The molecule has 0 radical (unpaired) electrons. The van der Waals surface area contributed by atoms with Gasteiger partial charge in [0.15, 0.2) is 23.1 Å². The normalized spacial score (nSPS) is 16.0. The predicted octanol–water partition coefficient (Wildman–Crippen LogP) is 10.5. The maximum absolute atomic E-state index is 12.2. The highest BCUT2D eigenvalue weighted by molar-refractivity contribution is 5.96. The standard InChI is InChI=1S/C50H58O8/c1-11-44(51)48(7,8)55-28-26-46(3,4)57-37-22-18-35(19-23-37)50(32-40(34-16-14-13-15-17-34)39-30-42-43(31-41(39)50)54-33-53-42)36-20-24-38(25-21-36)58-47(5,6)27-29-56-49(9,10)45(52)12-2/h11-25,30-31,40H,1-2,26-29,32-33H2,3-10H3. The smallest absolute Gasteiger partial charge is 0.231 e. The number of ether oxygens (including phenoxy) is 6. The van der Waals surface area contributed by atoms with Gasteiger partial charge in [-0.15, -0.1) is 0 Å². The molecule has 1 atom stereocenters. The second kappa shape index (κ2) is 16.6. The third-order valence-electron chi connectivity index (χ3n) is 11.5. The lowest BCUT2D eigenvalue weighted by atomic mass is 9.69. The van der Waals surface area contributed by atoms with E-state index in [9.17, 15) is 9.59 Å². The molecule has 8 nitrogen and oxygen atoms in total. The van der Waals surface area contributed by atoms with Gasteiger partial charge >= 0.3 is 0 Å². The van der Waals surface area contributed by atoms with E-state index in [2.05, 4.69) is 73.8 Å². The van der Waals surface area contributed by atoms with Crippen molar-refractivity contribution in [3.05, 3.63) is 144 Å². The fraction of sp³-hybridized carbons (Fsp3) is 0.400. The van der Waals surface area contributed by atoms with Crippen molar-refractivity contribution in [1.82, 2.24) is 0 Å². The molecule has 306 valence electrons. The van der Waals surface area contributed by atoms with Gasteiger partial charge in [0.25, 0.3) is 0 Å². The molecule has 0 saturated carbocycles. The van der Waals surface area contributed by atoms with Crippen molar-refractivity contribution in [3.63, 3.8) is 0 Å². The fourth-order valence-corrected chi connectivity index (χ4v) is 7.93. The third kappa shape index (κ3) is 9.09. The summed E-state index contributed by atoms with van der Waals surface area (Å²) in [6.45, 7) is 23.2. The molecule has 0 N–H and O–H groups in total. The highest BCUT2D eigenvalue weighted by Crippen LogP contribution is 2.58. The van der Waals surface area contributed by atoms with Crippen molar-refractivity contribution in [1.29, 1.82) is 0 Å². The lowest BCUT2D eigenvalue weighted by molar-refractivity contribution is -0.136. The molecule has 0 bridgehead atoms. The summed E-state index contributed by atoms with van der Waals surface area (Å²) in [5, 5.41) is 0. The summed E-state index contributed by atoms with van der Waals surface area (Å²) in [6.07, 6.45) is 4.54. The van der Waals surface area contributed by atoms with Gasteiger partial charge in [0.2, 0.25) is 6.79 Å². The van der Waals surface area contributed by atoms with Crippen LogP contribution in [-0.4, -0.2) is 54.0 Å². The second-order valence-electron chi connectivity index (χ2n) is 17.5. The lowest BCUT2D eigenvalue weighted by Gasteiger charge is -2.34. The van der Waals surface area contributed by atoms with Crippen molar-refractivity contribution in [2.75, 3.05) is 20.0 Å². The summed E-state index contributed by atoms with van der Waals surface area (Å²) in [5.41, 5.74) is 2.27. The first-order valence-electron chi connectivity index (χ1n) is 20.1. The molecule has 1 aliphatic carbocycles. The van der Waals surface area contributed by atoms with Crippen LogP contribution in [0.2, 0.25) is 0 Å². The predicted molar refractivity (Wildman–Crippen MR) is 227 cm³/mol. The Balaban J connectivity index is 1.32. The zero-order valence-corrected chi connectivity index (χ0v) is 35.3. The average Bonchev–Trinajstić information content (AvgIpc) is 3.79. The van der Waals surface area contributed by atoms with Gasteiger partial charge in [-0.1, -0.05) is 67.8 Å². The summed E-state index contributed by atoms with van der Waals surface area (Å²) < 4.78 is 36.9. The Morgan fingerprint density at radius 3 is 1.57 bits per heavy atom. The van der Waals surface area contributed by atoms with E-state index in [-0.39, 0.29) is 24.3 Å². The van der Waals surface area contributed by atoms with Crippen molar-refractivity contribution in [2.45, 2.75) is 108 Å². The second-order valence-corrected chi connectivity index (χ2v) is 17.5. The molecule has 2 aliphatic rings. The Bertz CT molecular complexity index is 2010. The average molecular weight is 787 g/mol. The van der Waals surface area contributed by atoms with Crippen LogP contribution in [0.25, 0.3) is 0 Å². The number of hydrogen-bond acceptors (Lipinski definition) is 8. The Hall–Kier alpha value is -5.18. The van der Waals surface area contributed by atoms with Crippen molar-refractivity contribution in [3.8, 4) is 23.0 Å². The van der Waals surface area contributed by atoms with Crippen molar-refractivity contribution in [2.24, 2.45) is 0 Å². The maximum Gasteiger partial charge on any atom is 0.231 e. The van der Waals surface area contributed by atoms with Crippen LogP contribution in [0, 0.1) is 0 Å². The van der Waals surface area contributed by atoms with Gasteiger partial charge in [-0.3, -0.25) is 9.59 Å². The van der Waals surface area contributed by atoms with Crippen LogP contribution in [-0.2, 0) is 24.5 Å². The summed E-state index contributed by atoms with van der Waals surface area (Å²) in [4.78, 5) is 24.5. The molecule has 58 heavy (non-hydrogen) atoms. The number of carbonyl (C=O) groups is 2. The van der Waals surface area contributed by atoms with Gasteiger partial charge in [-0.05, 0) is 138 Å². The third-order valence-corrected chi connectivity index (χ3v) is 11.5. The number of ketones is 2. The van der Waals surface area contributed by atoms with E-state index in [0.29, 0.717) is 26.1 Å². The molecule has 0 fully saturated rings. The van der Waals surface area contributed by atoms with Crippen LogP contribution in [0.1, 0.15) is 108 Å². The topological polar surface area (TPSA) is 89.5 Å². The van der Waals surface area contributed by atoms with Crippen molar-refractivity contribution < 1.29 is 38.0 Å². The first-order valence-corrected chi connectivity index (χ1v) is 20.1. The number of fused-ring (bicyclic) bond motifs is 2. The molecule has 4 aromatic rings. The Labute approximate surface area is 344 Å². The zero-order chi connectivity index (χ0) is 41.9. The quantitative estimate of drug-likeness (QED) is 0.0868. The van der Waals surface area contributed by atoms with E-state index < -0.39 is 27.8 Å². The van der Waals surface area contributed by atoms with E-state index in [0.717, 1.165) is 46.1 Å². The van der Waals surface area contributed by atoms with E-state index in [1.54, 1.807) is 27.7 Å². The van der Waals surface area contributed by atoms with Crippen LogP contribution in [0.3, 0.4) is 0 Å². The van der Waals surface area contributed by atoms with Gasteiger partial charge in [0, 0.05) is 24.2 Å². The van der Waals surface area contributed by atoms with Crippen LogP contribution >= 0.6 is 0 Å². The van der Waals surface area contributed by atoms with Gasteiger partial charge < -0.3 is 28.4 Å². The highest BCUT2D eigenvalue weighted by Gasteiger charge is 2.48. The lowest BCUT2D eigenvalue weighted by Crippen LogP contribution is -2.37.